The first-order valence-electron chi connectivity index (χ1n) is 3.65. The van der Waals surface area contributed by atoms with Crippen LogP contribution in [0.4, 0.5) is 4.39 Å². The molecule has 1 atom stereocenters. The molecule has 0 aliphatic heterocycles. The molecule has 0 saturated heterocycles. The largest absolute Gasteiger partial charge is 0.504 e. The van der Waals surface area contributed by atoms with E-state index in [-0.39, 0.29) is 23.3 Å². The lowest BCUT2D eigenvalue weighted by atomic mass is 10.1. The summed E-state index contributed by atoms with van der Waals surface area (Å²) in [5, 5.41) is 9.23. The molecular formula is C9H9FO3. The normalized spacial score (nSPS) is 12.2. The van der Waals surface area contributed by atoms with Crippen molar-refractivity contribution in [2.45, 2.75) is 6.17 Å². The van der Waals surface area contributed by atoms with Gasteiger partial charge in [0.2, 0.25) is 0 Å². The van der Waals surface area contributed by atoms with Crippen LogP contribution < -0.4 is 4.74 Å². The second kappa shape index (κ2) is 3.89. The molecule has 1 aromatic rings. The molecule has 70 valence electrons. The number of carbonyl (C=O) groups excluding carboxylic acids is 1. The monoisotopic (exact) mass is 184 g/mol. The number of phenols is 1. The Labute approximate surface area is 74.8 Å². The van der Waals surface area contributed by atoms with Gasteiger partial charge in [-0.1, -0.05) is 6.07 Å². The van der Waals surface area contributed by atoms with Crippen LogP contribution in [0.1, 0.15) is 11.7 Å². The predicted molar refractivity (Wildman–Crippen MR) is 44.6 cm³/mol. The van der Waals surface area contributed by atoms with Gasteiger partial charge >= 0.3 is 0 Å². The molecule has 0 radical (unpaired) electrons. The Bertz CT molecular complexity index is 312. The van der Waals surface area contributed by atoms with Gasteiger partial charge in [-0.05, 0) is 17.7 Å². The fraction of sp³-hybridized carbons (Fsp3) is 0.222. The van der Waals surface area contributed by atoms with Gasteiger partial charge in [0.25, 0.3) is 0 Å². The summed E-state index contributed by atoms with van der Waals surface area (Å²) in [6.07, 6.45) is -1.53. The van der Waals surface area contributed by atoms with E-state index in [4.69, 9.17) is 4.74 Å². The predicted octanol–water partition coefficient (Wildman–Crippen LogP) is 1.61. The zero-order valence-electron chi connectivity index (χ0n) is 7.03. The zero-order chi connectivity index (χ0) is 9.84. The fourth-order valence-electron chi connectivity index (χ4n) is 0.957. The first kappa shape index (κ1) is 9.51. The number of hydrogen-bond donors (Lipinski definition) is 1. The summed E-state index contributed by atoms with van der Waals surface area (Å²) in [5.41, 5.74) is 0.119. The molecule has 0 bridgehead atoms. The zero-order valence-corrected chi connectivity index (χ0v) is 7.03. The summed E-state index contributed by atoms with van der Waals surface area (Å²) in [6, 6.07) is 3.95. The van der Waals surface area contributed by atoms with Crippen LogP contribution in [0.5, 0.6) is 11.5 Å². The molecule has 4 heteroatoms. The number of methoxy groups -OCH3 is 1. The van der Waals surface area contributed by atoms with Crippen LogP contribution in [-0.4, -0.2) is 18.5 Å². The second-order valence-corrected chi connectivity index (χ2v) is 2.47. The average Bonchev–Trinajstić information content (AvgIpc) is 2.16. The second-order valence-electron chi connectivity index (χ2n) is 2.47. The third-order valence-electron chi connectivity index (χ3n) is 1.64. The van der Waals surface area contributed by atoms with Gasteiger partial charge in [-0.2, -0.15) is 0 Å². The molecule has 13 heavy (non-hydrogen) atoms. The third-order valence-corrected chi connectivity index (χ3v) is 1.64. The van der Waals surface area contributed by atoms with Crippen molar-refractivity contribution < 1.29 is 19.0 Å². The first-order valence-corrected chi connectivity index (χ1v) is 3.65. The molecule has 0 fully saturated rings. The Morgan fingerprint density at radius 1 is 1.62 bits per heavy atom. The van der Waals surface area contributed by atoms with E-state index in [1.54, 1.807) is 0 Å². The van der Waals surface area contributed by atoms with Gasteiger partial charge in [-0.15, -0.1) is 0 Å². The molecule has 0 aliphatic rings. The lowest BCUT2D eigenvalue weighted by Gasteiger charge is -2.05. The maximum Gasteiger partial charge on any atom is 0.180 e. The SMILES string of the molecule is COc1ccc(C(F)C=O)cc1O. The highest BCUT2D eigenvalue weighted by atomic mass is 19.1. The molecule has 0 aromatic heterocycles. The number of phenolic OH excluding ortho intramolecular Hbond substituents is 1. The standard InChI is InChI=1S/C9H9FO3/c1-13-9-3-2-6(4-8(9)12)7(10)5-11/h2-5,7,12H,1H3. The van der Waals surface area contributed by atoms with Gasteiger partial charge in [0, 0.05) is 0 Å². The van der Waals surface area contributed by atoms with Crippen LogP contribution in [0.15, 0.2) is 18.2 Å². The van der Waals surface area contributed by atoms with Gasteiger partial charge < -0.3 is 9.84 Å². The summed E-state index contributed by atoms with van der Waals surface area (Å²) >= 11 is 0. The minimum Gasteiger partial charge on any atom is -0.504 e. The van der Waals surface area contributed by atoms with E-state index in [0.29, 0.717) is 0 Å². The fourth-order valence-corrected chi connectivity index (χ4v) is 0.957. The van der Waals surface area contributed by atoms with Crippen molar-refractivity contribution in [3.63, 3.8) is 0 Å². The molecule has 1 aromatic carbocycles. The molecule has 1 N–H and O–H groups in total. The number of aromatic hydroxyl groups is 1. The minimum absolute atomic E-state index is 0.119. The van der Waals surface area contributed by atoms with Crippen molar-refractivity contribution in [2.75, 3.05) is 7.11 Å². The van der Waals surface area contributed by atoms with E-state index in [0.717, 1.165) is 6.07 Å². The highest BCUT2D eigenvalue weighted by Crippen LogP contribution is 2.29. The van der Waals surface area contributed by atoms with Gasteiger partial charge in [0.1, 0.15) is 0 Å². The summed E-state index contributed by atoms with van der Waals surface area (Å²) in [6.45, 7) is 0. The van der Waals surface area contributed by atoms with E-state index < -0.39 is 6.17 Å². The van der Waals surface area contributed by atoms with Crippen molar-refractivity contribution in [2.24, 2.45) is 0 Å². The van der Waals surface area contributed by atoms with Crippen molar-refractivity contribution >= 4 is 6.29 Å². The Hall–Kier alpha value is -1.58. The Morgan fingerprint density at radius 3 is 2.77 bits per heavy atom. The molecule has 0 amide bonds. The highest BCUT2D eigenvalue weighted by molar-refractivity contribution is 5.61. The number of rotatable bonds is 3. The summed E-state index contributed by atoms with van der Waals surface area (Å²) in [5.74, 6) is 0.0753. The van der Waals surface area contributed by atoms with Crippen LogP contribution in [-0.2, 0) is 4.79 Å². The van der Waals surface area contributed by atoms with E-state index >= 15 is 0 Å². The molecule has 1 rings (SSSR count). The third kappa shape index (κ3) is 1.96. The lowest BCUT2D eigenvalue weighted by molar-refractivity contribution is -0.112. The Kier molecular flexibility index (Phi) is 2.84. The lowest BCUT2D eigenvalue weighted by Crippen LogP contribution is -1.93. The maximum atomic E-state index is 12.8. The molecule has 3 nitrogen and oxygen atoms in total. The first-order chi connectivity index (χ1) is 6.19. The van der Waals surface area contributed by atoms with Crippen molar-refractivity contribution in [3.8, 4) is 11.5 Å². The van der Waals surface area contributed by atoms with Gasteiger partial charge in [0.15, 0.2) is 24.0 Å². The van der Waals surface area contributed by atoms with Gasteiger partial charge in [-0.25, -0.2) is 4.39 Å². The number of ether oxygens (including phenoxy) is 1. The molecule has 0 heterocycles. The van der Waals surface area contributed by atoms with Crippen LogP contribution in [0.3, 0.4) is 0 Å². The molecule has 0 spiro atoms. The van der Waals surface area contributed by atoms with E-state index in [9.17, 15) is 14.3 Å². The quantitative estimate of drug-likeness (QED) is 0.726. The number of halogens is 1. The highest BCUT2D eigenvalue weighted by Gasteiger charge is 2.10. The van der Waals surface area contributed by atoms with Crippen molar-refractivity contribution in [1.82, 2.24) is 0 Å². The van der Waals surface area contributed by atoms with Crippen LogP contribution >= 0.6 is 0 Å². The average molecular weight is 184 g/mol. The van der Waals surface area contributed by atoms with Gasteiger partial charge in [-0.3, -0.25) is 4.79 Å². The Morgan fingerprint density at radius 2 is 2.31 bits per heavy atom. The minimum atomic E-state index is -1.70. The number of aldehydes is 1. The van der Waals surface area contributed by atoms with E-state index in [1.165, 1.54) is 19.2 Å². The van der Waals surface area contributed by atoms with Crippen molar-refractivity contribution in [1.29, 1.82) is 0 Å². The summed E-state index contributed by atoms with van der Waals surface area (Å²) in [4.78, 5) is 10.1. The van der Waals surface area contributed by atoms with Gasteiger partial charge in [0.05, 0.1) is 7.11 Å². The number of alkyl halides is 1. The maximum absolute atomic E-state index is 12.8. The number of hydrogen-bond acceptors (Lipinski definition) is 3. The van der Waals surface area contributed by atoms with E-state index in [2.05, 4.69) is 0 Å². The van der Waals surface area contributed by atoms with Crippen LogP contribution in [0.25, 0.3) is 0 Å². The number of benzene rings is 1. The number of carbonyl (C=O) groups is 1. The smallest absolute Gasteiger partial charge is 0.180 e. The van der Waals surface area contributed by atoms with Crippen LogP contribution in [0.2, 0.25) is 0 Å². The van der Waals surface area contributed by atoms with E-state index in [1.807, 2.05) is 0 Å². The molecule has 0 aliphatic carbocycles. The molecule has 1 unspecified atom stereocenters. The topological polar surface area (TPSA) is 46.5 Å². The van der Waals surface area contributed by atoms with Crippen molar-refractivity contribution in [3.05, 3.63) is 23.8 Å². The molecular weight excluding hydrogens is 175 g/mol. The summed E-state index contributed by atoms with van der Waals surface area (Å²) in [7, 11) is 1.39. The molecule has 0 saturated carbocycles. The van der Waals surface area contributed by atoms with Crippen LogP contribution in [0, 0.1) is 0 Å². The summed E-state index contributed by atoms with van der Waals surface area (Å²) < 4.78 is 17.5. The Balaban J connectivity index is 3.02.